The largest absolute Gasteiger partial charge is 0.494 e. The van der Waals surface area contributed by atoms with Crippen LogP contribution >= 0.6 is 11.3 Å². The van der Waals surface area contributed by atoms with Gasteiger partial charge in [0.2, 0.25) is 4.96 Å². The average molecular weight is 442 g/mol. The Bertz CT molecular complexity index is 927. The third-order valence-electron chi connectivity index (χ3n) is 6.06. The van der Waals surface area contributed by atoms with Crippen LogP contribution in [-0.4, -0.2) is 41.2 Å². The summed E-state index contributed by atoms with van der Waals surface area (Å²) in [5, 5.41) is 5.70. The number of imidazole rings is 1. The van der Waals surface area contributed by atoms with E-state index in [9.17, 15) is 4.79 Å². The van der Waals surface area contributed by atoms with Gasteiger partial charge in [0.1, 0.15) is 17.0 Å². The van der Waals surface area contributed by atoms with Crippen molar-refractivity contribution in [1.29, 1.82) is 0 Å². The molecular formula is C24H31N3O3S. The van der Waals surface area contributed by atoms with Crippen LogP contribution in [0.5, 0.6) is 5.75 Å². The quantitative estimate of drug-likeness (QED) is 0.290. The molecule has 0 amide bonds. The number of nitrogens with zero attached hydrogens (tertiary/aromatic N) is 3. The van der Waals surface area contributed by atoms with Gasteiger partial charge in [-0.2, -0.15) is 5.10 Å². The normalized spacial score (nSPS) is 19.0. The average Bonchev–Trinajstić information content (AvgIpc) is 3.39. The molecule has 2 aromatic heterocycles. The van der Waals surface area contributed by atoms with E-state index >= 15 is 0 Å². The van der Waals surface area contributed by atoms with Gasteiger partial charge in [-0.3, -0.25) is 0 Å². The maximum Gasteiger partial charge on any atom is 0.212 e. The third-order valence-corrected chi connectivity index (χ3v) is 7.03. The minimum Gasteiger partial charge on any atom is -0.494 e. The van der Waals surface area contributed by atoms with E-state index in [1.165, 1.54) is 12.8 Å². The van der Waals surface area contributed by atoms with Crippen LogP contribution in [0.4, 0.5) is 0 Å². The molecule has 0 saturated heterocycles. The van der Waals surface area contributed by atoms with Crippen LogP contribution in [0, 0.1) is 5.92 Å². The van der Waals surface area contributed by atoms with Crippen molar-refractivity contribution in [3.8, 4) is 16.3 Å². The van der Waals surface area contributed by atoms with Gasteiger partial charge in [0.25, 0.3) is 0 Å². The molecule has 166 valence electrons. The zero-order chi connectivity index (χ0) is 21.5. The van der Waals surface area contributed by atoms with E-state index in [2.05, 4.69) is 18.3 Å². The number of carbonyl (C=O) groups is 1. The first-order valence-electron chi connectivity index (χ1n) is 11.3. The van der Waals surface area contributed by atoms with Crippen molar-refractivity contribution in [2.75, 3.05) is 20.3 Å². The van der Waals surface area contributed by atoms with E-state index in [1.807, 2.05) is 16.6 Å². The van der Waals surface area contributed by atoms with E-state index < -0.39 is 0 Å². The lowest BCUT2D eigenvalue weighted by Crippen LogP contribution is -2.14. The number of hydrogen-bond acceptors (Lipinski definition) is 6. The van der Waals surface area contributed by atoms with Crippen molar-refractivity contribution in [2.45, 2.75) is 57.3 Å². The summed E-state index contributed by atoms with van der Waals surface area (Å²) in [6.45, 7) is 1.59. The second kappa shape index (κ2) is 10.9. The SMILES string of the molecule is COCCCCCCOc1ccc(-c2nn3cc(C4CCC(C=O)CC4)nc3s2)cc1. The Kier molecular flexibility index (Phi) is 7.70. The molecule has 0 spiro atoms. The van der Waals surface area contributed by atoms with Crippen LogP contribution in [0.3, 0.4) is 0 Å². The summed E-state index contributed by atoms with van der Waals surface area (Å²) < 4.78 is 12.8. The number of hydrogen-bond donors (Lipinski definition) is 0. The van der Waals surface area contributed by atoms with Crippen LogP contribution < -0.4 is 4.74 Å². The fraction of sp³-hybridized carbons (Fsp3) is 0.542. The molecule has 0 radical (unpaired) electrons. The monoisotopic (exact) mass is 441 g/mol. The summed E-state index contributed by atoms with van der Waals surface area (Å²) in [6, 6.07) is 8.16. The second-order valence-electron chi connectivity index (χ2n) is 8.33. The molecule has 31 heavy (non-hydrogen) atoms. The number of ether oxygens (including phenoxy) is 2. The zero-order valence-electron chi connectivity index (χ0n) is 18.2. The Balaban J connectivity index is 1.30. The third kappa shape index (κ3) is 5.71. The van der Waals surface area contributed by atoms with Gasteiger partial charge in [0, 0.05) is 31.1 Å². The van der Waals surface area contributed by atoms with Crippen LogP contribution in [0.25, 0.3) is 15.5 Å². The molecular weight excluding hydrogens is 410 g/mol. The van der Waals surface area contributed by atoms with E-state index in [-0.39, 0.29) is 5.92 Å². The van der Waals surface area contributed by atoms with Gasteiger partial charge >= 0.3 is 0 Å². The zero-order valence-corrected chi connectivity index (χ0v) is 19.0. The minimum atomic E-state index is 0.234. The predicted octanol–water partition coefficient (Wildman–Crippen LogP) is 5.52. The Labute approximate surface area is 187 Å². The first kappa shape index (κ1) is 22.0. The van der Waals surface area contributed by atoms with Gasteiger partial charge in [-0.25, -0.2) is 9.50 Å². The Morgan fingerprint density at radius 1 is 1.06 bits per heavy atom. The van der Waals surface area contributed by atoms with Gasteiger partial charge < -0.3 is 14.3 Å². The number of aldehydes is 1. The molecule has 3 aromatic rings. The van der Waals surface area contributed by atoms with Crippen molar-refractivity contribution in [3.05, 3.63) is 36.2 Å². The molecule has 4 rings (SSSR count). The molecule has 7 heteroatoms. The smallest absolute Gasteiger partial charge is 0.212 e. The molecule has 6 nitrogen and oxygen atoms in total. The molecule has 1 saturated carbocycles. The molecule has 1 aliphatic rings. The van der Waals surface area contributed by atoms with Crippen LogP contribution in [0.1, 0.15) is 63.0 Å². The maximum absolute atomic E-state index is 11.0. The van der Waals surface area contributed by atoms with Crippen LogP contribution in [0.2, 0.25) is 0 Å². The minimum absolute atomic E-state index is 0.234. The van der Waals surface area contributed by atoms with Gasteiger partial charge in [-0.15, -0.1) is 0 Å². The second-order valence-corrected chi connectivity index (χ2v) is 9.28. The number of aromatic nitrogens is 3. The highest BCUT2D eigenvalue weighted by atomic mass is 32.1. The molecule has 0 aliphatic heterocycles. The molecule has 1 fully saturated rings. The van der Waals surface area contributed by atoms with Gasteiger partial charge in [-0.1, -0.05) is 17.8 Å². The lowest BCUT2D eigenvalue weighted by molar-refractivity contribution is -0.111. The van der Waals surface area contributed by atoms with Crippen molar-refractivity contribution < 1.29 is 14.3 Å². The number of rotatable bonds is 11. The van der Waals surface area contributed by atoms with E-state index in [4.69, 9.17) is 19.6 Å². The van der Waals surface area contributed by atoms with E-state index in [1.54, 1.807) is 18.4 Å². The van der Waals surface area contributed by atoms with E-state index in [0.717, 1.165) is 85.0 Å². The topological polar surface area (TPSA) is 65.7 Å². The standard InChI is InChI=1S/C24H31N3O3S/c1-29-14-4-2-3-5-15-30-21-12-10-20(11-13-21)23-26-27-16-22(25-24(27)31-23)19-8-6-18(17-28)7-9-19/h10-13,16-19H,2-9,14-15H2,1H3. The van der Waals surface area contributed by atoms with Crippen LogP contribution in [0.15, 0.2) is 30.5 Å². The van der Waals surface area contributed by atoms with Crippen molar-refractivity contribution in [2.24, 2.45) is 5.92 Å². The number of methoxy groups -OCH3 is 1. The highest BCUT2D eigenvalue weighted by molar-refractivity contribution is 7.19. The van der Waals surface area contributed by atoms with Crippen molar-refractivity contribution >= 4 is 22.6 Å². The van der Waals surface area contributed by atoms with Crippen molar-refractivity contribution in [1.82, 2.24) is 14.6 Å². The summed E-state index contributed by atoms with van der Waals surface area (Å²) >= 11 is 1.61. The van der Waals surface area contributed by atoms with Crippen molar-refractivity contribution in [3.63, 3.8) is 0 Å². The molecule has 0 bridgehead atoms. The lowest BCUT2D eigenvalue weighted by Gasteiger charge is -2.23. The summed E-state index contributed by atoms with van der Waals surface area (Å²) in [7, 11) is 1.75. The summed E-state index contributed by atoms with van der Waals surface area (Å²) in [5.74, 6) is 1.58. The maximum atomic E-state index is 11.0. The van der Waals surface area contributed by atoms with Gasteiger partial charge in [-0.05, 0) is 69.2 Å². The Morgan fingerprint density at radius 2 is 1.81 bits per heavy atom. The lowest BCUT2D eigenvalue weighted by atomic mass is 9.81. The molecule has 0 N–H and O–H groups in total. The number of fused-ring (bicyclic) bond motifs is 1. The first-order valence-corrected chi connectivity index (χ1v) is 12.1. The van der Waals surface area contributed by atoms with Gasteiger partial charge in [0.15, 0.2) is 0 Å². The number of unbranched alkanes of at least 4 members (excludes halogenated alkanes) is 3. The van der Waals surface area contributed by atoms with E-state index in [0.29, 0.717) is 5.92 Å². The predicted molar refractivity (Wildman–Crippen MR) is 123 cm³/mol. The summed E-state index contributed by atoms with van der Waals surface area (Å²) in [6.07, 6.45) is 11.7. The molecule has 0 unspecified atom stereocenters. The molecule has 1 aromatic carbocycles. The summed E-state index contributed by atoms with van der Waals surface area (Å²) in [4.78, 5) is 16.7. The molecule has 1 aliphatic carbocycles. The highest BCUT2D eigenvalue weighted by Crippen LogP contribution is 2.36. The van der Waals surface area contributed by atoms with Gasteiger partial charge in [0.05, 0.1) is 18.5 Å². The highest BCUT2D eigenvalue weighted by Gasteiger charge is 2.24. The summed E-state index contributed by atoms with van der Waals surface area (Å²) in [5.41, 5.74) is 2.19. The number of carbonyl (C=O) groups excluding carboxylic acids is 1. The fourth-order valence-electron chi connectivity index (χ4n) is 4.17. The number of benzene rings is 1. The molecule has 2 heterocycles. The van der Waals surface area contributed by atoms with Crippen LogP contribution in [-0.2, 0) is 9.53 Å². The first-order chi connectivity index (χ1) is 15.3. The fourth-order valence-corrected chi connectivity index (χ4v) is 5.06. The Hall–Kier alpha value is -2.25. The molecule has 0 atom stereocenters. The Morgan fingerprint density at radius 3 is 2.48 bits per heavy atom.